The largest absolute Gasteiger partial charge is 0.380 e. The summed E-state index contributed by atoms with van der Waals surface area (Å²) in [6.45, 7) is 0. The van der Waals surface area contributed by atoms with Crippen LogP contribution in [0.15, 0.2) is 54.4 Å². The van der Waals surface area contributed by atoms with Crippen LogP contribution >= 0.6 is 0 Å². The number of para-hydroxylation sites is 1. The molecule has 0 aliphatic carbocycles. The number of imide groups is 1. The summed E-state index contributed by atoms with van der Waals surface area (Å²) in [7, 11) is 0. The molecular weight excluding hydrogens is 268 g/mol. The van der Waals surface area contributed by atoms with Gasteiger partial charge >= 0.3 is 0 Å². The van der Waals surface area contributed by atoms with E-state index in [1.54, 1.807) is 36.4 Å². The Bertz CT molecular complexity index is 776. The molecule has 0 unspecified atom stereocenters. The molecule has 0 saturated heterocycles. The Balaban J connectivity index is 1.78. The molecule has 4 rings (SSSR count). The lowest BCUT2D eigenvalue weighted by molar-refractivity contribution is 0.0650. The molecule has 5 heteroatoms. The molecule has 0 fully saturated rings. The van der Waals surface area contributed by atoms with E-state index in [0.717, 1.165) is 10.5 Å². The molecule has 2 amide bonds. The Labute approximate surface area is 120 Å². The van der Waals surface area contributed by atoms with Crippen LogP contribution in [-0.4, -0.2) is 16.7 Å². The fourth-order valence-corrected chi connectivity index (χ4v) is 2.49. The van der Waals surface area contributed by atoms with E-state index in [1.807, 2.05) is 18.2 Å². The monoisotopic (exact) mass is 278 g/mol. The zero-order chi connectivity index (χ0) is 14.4. The van der Waals surface area contributed by atoms with E-state index >= 15 is 0 Å². The minimum atomic E-state index is -0.350. The first-order valence-corrected chi connectivity index (χ1v) is 6.47. The highest BCUT2D eigenvalue weighted by atomic mass is 16.6. The molecule has 0 spiro atoms. The third-order valence-corrected chi connectivity index (χ3v) is 3.51. The standard InChI is InChI=1S/C16H10N2O3/c19-15-11-6-2-3-7-12(11)16(20)18(15)14-9-10-5-1-4-8-13(10)21-17-14/h1-9,17H. The minimum Gasteiger partial charge on any atom is -0.380 e. The van der Waals surface area contributed by atoms with Gasteiger partial charge in [-0.15, -0.1) is 0 Å². The Kier molecular flexibility index (Phi) is 2.35. The molecule has 2 aromatic rings. The van der Waals surface area contributed by atoms with Crippen molar-refractivity contribution in [3.8, 4) is 5.75 Å². The number of carbonyl (C=O) groups excluding carboxylic acids is 2. The summed E-state index contributed by atoms with van der Waals surface area (Å²) in [5, 5.41) is 0. The van der Waals surface area contributed by atoms with Gasteiger partial charge in [-0.2, -0.15) is 0 Å². The van der Waals surface area contributed by atoms with Gasteiger partial charge in [0.1, 0.15) is 0 Å². The molecule has 0 bridgehead atoms. The lowest BCUT2D eigenvalue weighted by atomic mass is 10.1. The van der Waals surface area contributed by atoms with Crippen LogP contribution in [0.1, 0.15) is 26.3 Å². The summed E-state index contributed by atoms with van der Waals surface area (Å²) >= 11 is 0. The Hall–Kier alpha value is -3.08. The van der Waals surface area contributed by atoms with E-state index in [0.29, 0.717) is 22.7 Å². The topological polar surface area (TPSA) is 58.6 Å². The van der Waals surface area contributed by atoms with Gasteiger partial charge in [0.2, 0.25) is 0 Å². The number of carbonyl (C=O) groups is 2. The number of hydrogen-bond acceptors (Lipinski definition) is 4. The van der Waals surface area contributed by atoms with E-state index in [1.165, 1.54) is 0 Å². The van der Waals surface area contributed by atoms with Crippen LogP contribution in [-0.2, 0) is 0 Å². The van der Waals surface area contributed by atoms with E-state index < -0.39 is 0 Å². The number of nitrogens with one attached hydrogen (secondary N) is 1. The van der Waals surface area contributed by atoms with Crippen LogP contribution in [0, 0.1) is 0 Å². The quantitative estimate of drug-likeness (QED) is 0.812. The summed E-state index contributed by atoms with van der Waals surface area (Å²) in [5.74, 6) is 0.271. The van der Waals surface area contributed by atoms with Gasteiger partial charge in [0, 0.05) is 5.56 Å². The van der Waals surface area contributed by atoms with Crippen LogP contribution in [0.3, 0.4) is 0 Å². The van der Waals surface area contributed by atoms with E-state index in [4.69, 9.17) is 4.84 Å². The molecule has 102 valence electrons. The summed E-state index contributed by atoms with van der Waals surface area (Å²) in [5.41, 5.74) is 4.28. The van der Waals surface area contributed by atoms with Crippen molar-refractivity contribution in [2.45, 2.75) is 0 Å². The lowest BCUT2D eigenvalue weighted by Gasteiger charge is -2.23. The smallest absolute Gasteiger partial charge is 0.267 e. The second-order valence-electron chi connectivity index (χ2n) is 4.76. The predicted molar refractivity (Wildman–Crippen MR) is 75.1 cm³/mol. The normalized spacial score (nSPS) is 15.8. The predicted octanol–water partition coefficient (Wildman–Crippen LogP) is 2.18. The minimum absolute atomic E-state index is 0.319. The van der Waals surface area contributed by atoms with Crippen LogP contribution in [0.4, 0.5) is 0 Å². The number of rotatable bonds is 1. The molecule has 21 heavy (non-hydrogen) atoms. The highest BCUT2D eigenvalue weighted by Gasteiger charge is 2.38. The molecular formula is C16H10N2O3. The van der Waals surface area contributed by atoms with Gasteiger partial charge in [0.25, 0.3) is 11.8 Å². The zero-order valence-corrected chi connectivity index (χ0v) is 10.9. The van der Waals surface area contributed by atoms with Gasteiger partial charge in [0.05, 0.1) is 11.1 Å². The SMILES string of the molecule is O=C1c2ccccc2C(=O)N1C1=Cc2ccccc2ON1. The third-order valence-electron chi connectivity index (χ3n) is 3.51. The second kappa shape index (κ2) is 4.21. The van der Waals surface area contributed by atoms with Crippen molar-refractivity contribution in [1.29, 1.82) is 0 Å². The van der Waals surface area contributed by atoms with Crippen molar-refractivity contribution in [3.05, 3.63) is 71.0 Å². The maximum absolute atomic E-state index is 12.4. The maximum atomic E-state index is 12.4. The van der Waals surface area contributed by atoms with Crippen LogP contribution in [0.5, 0.6) is 5.75 Å². The molecule has 0 aromatic heterocycles. The third kappa shape index (κ3) is 1.64. The first-order chi connectivity index (χ1) is 10.3. The van der Waals surface area contributed by atoms with Crippen molar-refractivity contribution in [2.24, 2.45) is 0 Å². The first-order valence-electron chi connectivity index (χ1n) is 6.47. The summed E-state index contributed by atoms with van der Waals surface area (Å²) < 4.78 is 0. The highest BCUT2D eigenvalue weighted by molar-refractivity contribution is 6.22. The van der Waals surface area contributed by atoms with Crippen molar-refractivity contribution >= 4 is 17.9 Å². The fourth-order valence-electron chi connectivity index (χ4n) is 2.49. The Morgan fingerprint density at radius 3 is 2.19 bits per heavy atom. The van der Waals surface area contributed by atoms with Crippen molar-refractivity contribution < 1.29 is 14.4 Å². The molecule has 2 heterocycles. The molecule has 0 atom stereocenters. The number of hydrogen-bond donors (Lipinski definition) is 1. The Morgan fingerprint density at radius 2 is 1.48 bits per heavy atom. The van der Waals surface area contributed by atoms with Gasteiger partial charge in [-0.1, -0.05) is 30.3 Å². The fraction of sp³-hybridized carbons (Fsp3) is 0. The van der Waals surface area contributed by atoms with Crippen molar-refractivity contribution in [1.82, 2.24) is 10.4 Å². The molecule has 2 aliphatic heterocycles. The molecule has 5 nitrogen and oxygen atoms in total. The van der Waals surface area contributed by atoms with Gasteiger partial charge in [0.15, 0.2) is 11.6 Å². The van der Waals surface area contributed by atoms with Gasteiger partial charge < -0.3 is 4.84 Å². The highest BCUT2D eigenvalue weighted by Crippen LogP contribution is 2.30. The number of nitrogens with zero attached hydrogens (tertiary/aromatic N) is 1. The van der Waals surface area contributed by atoms with Gasteiger partial charge in [-0.05, 0) is 24.3 Å². The number of fused-ring (bicyclic) bond motifs is 2. The van der Waals surface area contributed by atoms with Crippen LogP contribution in [0.25, 0.3) is 6.08 Å². The zero-order valence-electron chi connectivity index (χ0n) is 10.9. The second-order valence-corrected chi connectivity index (χ2v) is 4.76. The molecule has 0 radical (unpaired) electrons. The first kappa shape index (κ1) is 11.7. The summed E-state index contributed by atoms with van der Waals surface area (Å²) in [6.07, 6.45) is 1.72. The molecule has 1 N–H and O–H groups in total. The van der Waals surface area contributed by atoms with E-state index in [-0.39, 0.29) is 11.8 Å². The summed E-state index contributed by atoms with van der Waals surface area (Å²) in [6, 6.07) is 14.1. The number of hydroxylamine groups is 1. The van der Waals surface area contributed by atoms with Crippen LogP contribution in [0.2, 0.25) is 0 Å². The van der Waals surface area contributed by atoms with Crippen molar-refractivity contribution in [3.63, 3.8) is 0 Å². The lowest BCUT2D eigenvalue weighted by Crippen LogP contribution is -2.38. The Morgan fingerprint density at radius 1 is 0.857 bits per heavy atom. The average Bonchev–Trinajstić information content (AvgIpc) is 2.79. The molecule has 2 aliphatic rings. The summed E-state index contributed by atoms with van der Waals surface area (Å²) in [4.78, 5) is 31.3. The number of amides is 2. The van der Waals surface area contributed by atoms with E-state index in [9.17, 15) is 9.59 Å². The van der Waals surface area contributed by atoms with Gasteiger partial charge in [-0.25, -0.2) is 10.4 Å². The van der Waals surface area contributed by atoms with E-state index in [2.05, 4.69) is 5.48 Å². The number of benzene rings is 2. The van der Waals surface area contributed by atoms with Gasteiger partial charge in [-0.3, -0.25) is 9.59 Å². The molecule has 2 aromatic carbocycles. The maximum Gasteiger partial charge on any atom is 0.267 e. The van der Waals surface area contributed by atoms with Crippen LogP contribution < -0.4 is 10.3 Å². The average molecular weight is 278 g/mol. The molecule has 0 saturated carbocycles. The van der Waals surface area contributed by atoms with Crippen molar-refractivity contribution in [2.75, 3.05) is 0 Å².